The second kappa shape index (κ2) is 6.93. The van der Waals surface area contributed by atoms with Crippen LogP contribution in [0.5, 0.6) is 5.88 Å². The average molecular weight is 420 g/mol. The standard InChI is InChI=1S/C21H24N8O2/c1-12(30)24-21(2)10-14(11-21)22-20-23-19(31-4)18-15(7-8-29(18)26-20)13-5-6-16-17(9-13)28(3)27-25-16/h5-9,14H,10-11H2,1-4H3,(H,22,26)(H,24,30). The number of amides is 1. The van der Waals surface area contributed by atoms with Crippen LogP contribution < -0.4 is 15.4 Å². The van der Waals surface area contributed by atoms with Crippen molar-refractivity contribution in [2.45, 2.75) is 38.3 Å². The second-order valence-corrected chi connectivity index (χ2v) is 8.38. The van der Waals surface area contributed by atoms with Crippen molar-refractivity contribution in [3.8, 4) is 17.0 Å². The number of carbonyl (C=O) groups excluding carboxylic acids is 1. The van der Waals surface area contributed by atoms with Crippen molar-refractivity contribution < 1.29 is 9.53 Å². The predicted molar refractivity (Wildman–Crippen MR) is 116 cm³/mol. The van der Waals surface area contributed by atoms with Gasteiger partial charge >= 0.3 is 0 Å². The normalized spacial score (nSPS) is 20.6. The van der Waals surface area contributed by atoms with Gasteiger partial charge in [-0.2, -0.15) is 4.98 Å². The van der Waals surface area contributed by atoms with Crippen LogP contribution >= 0.6 is 0 Å². The monoisotopic (exact) mass is 420 g/mol. The molecule has 160 valence electrons. The van der Waals surface area contributed by atoms with E-state index < -0.39 is 0 Å². The Labute approximate surface area is 178 Å². The van der Waals surface area contributed by atoms with Gasteiger partial charge in [0.1, 0.15) is 11.0 Å². The van der Waals surface area contributed by atoms with Crippen LogP contribution in [0.3, 0.4) is 0 Å². The van der Waals surface area contributed by atoms with Crippen LogP contribution in [0.1, 0.15) is 26.7 Å². The zero-order valence-electron chi connectivity index (χ0n) is 17.9. The van der Waals surface area contributed by atoms with E-state index in [9.17, 15) is 4.79 Å². The van der Waals surface area contributed by atoms with Crippen LogP contribution in [0.15, 0.2) is 30.5 Å². The summed E-state index contributed by atoms with van der Waals surface area (Å²) in [5.41, 5.74) is 4.37. The highest BCUT2D eigenvalue weighted by atomic mass is 16.5. The summed E-state index contributed by atoms with van der Waals surface area (Å²) >= 11 is 0. The fourth-order valence-electron chi connectivity index (χ4n) is 4.47. The quantitative estimate of drug-likeness (QED) is 0.509. The van der Waals surface area contributed by atoms with E-state index in [0.717, 1.165) is 40.5 Å². The summed E-state index contributed by atoms with van der Waals surface area (Å²) in [7, 11) is 3.48. The van der Waals surface area contributed by atoms with Gasteiger partial charge in [-0.15, -0.1) is 10.2 Å². The van der Waals surface area contributed by atoms with Gasteiger partial charge in [0, 0.05) is 37.3 Å². The minimum absolute atomic E-state index is 0.0137. The van der Waals surface area contributed by atoms with E-state index in [1.807, 2.05) is 44.4 Å². The Hall–Kier alpha value is -3.69. The summed E-state index contributed by atoms with van der Waals surface area (Å²) in [5, 5.41) is 19.2. The molecule has 10 nitrogen and oxygen atoms in total. The number of aryl methyl sites for hydroxylation is 1. The lowest BCUT2D eigenvalue weighted by atomic mass is 9.74. The molecule has 0 aliphatic heterocycles. The van der Waals surface area contributed by atoms with Gasteiger partial charge in [-0.1, -0.05) is 11.3 Å². The Morgan fingerprint density at radius 3 is 2.84 bits per heavy atom. The molecule has 1 saturated carbocycles. The number of fused-ring (bicyclic) bond motifs is 2. The molecule has 2 N–H and O–H groups in total. The van der Waals surface area contributed by atoms with Crippen LogP contribution in [0.25, 0.3) is 27.7 Å². The number of nitrogens with one attached hydrogen (secondary N) is 2. The fraction of sp³-hybridized carbons (Fsp3) is 0.381. The number of hydrogen-bond acceptors (Lipinski definition) is 7. The molecule has 1 aliphatic carbocycles. The third kappa shape index (κ3) is 3.33. The van der Waals surface area contributed by atoms with Gasteiger partial charge in [0.2, 0.25) is 17.7 Å². The SMILES string of the molecule is COc1nc(NC2CC(C)(NC(C)=O)C2)nn2ccc(-c3ccc4nnn(C)c4c3)c12. The van der Waals surface area contributed by atoms with Crippen LogP contribution in [-0.2, 0) is 11.8 Å². The van der Waals surface area contributed by atoms with Gasteiger partial charge in [-0.05, 0) is 43.5 Å². The minimum Gasteiger partial charge on any atom is -0.479 e. The molecule has 3 heterocycles. The molecule has 1 aliphatic rings. The smallest absolute Gasteiger partial charge is 0.244 e. The second-order valence-electron chi connectivity index (χ2n) is 8.38. The molecule has 4 aromatic rings. The molecule has 1 aromatic carbocycles. The molecule has 0 atom stereocenters. The maximum Gasteiger partial charge on any atom is 0.244 e. The van der Waals surface area contributed by atoms with E-state index in [-0.39, 0.29) is 17.5 Å². The van der Waals surface area contributed by atoms with Gasteiger partial charge in [-0.25, -0.2) is 9.20 Å². The molecule has 31 heavy (non-hydrogen) atoms. The molecule has 1 fully saturated rings. The minimum atomic E-state index is -0.183. The Bertz CT molecular complexity index is 1300. The van der Waals surface area contributed by atoms with E-state index in [4.69, 9.17) is 4.74 Å². The maximum absolute atomic E-state index is 11.4. The van der Waals surface area contributed by atoms with Crippen molar-refractivity contribution in [2.75, 3.05) is 12.4 Å². The van der Waals surface area contributed by atoms with Crippen molar-refractivity contribution in [3.63, 3.8) is 0 Å². The largest absolute Gasteiger partial charge is 0.479 e. The lowest BCUT2D eigenvalue weighted by Gasteiger charge is -2.45. The van der Waals surface area contributed by atoms with E-state index in [1.54, 1.807) is 23.2 Å². The van der Waals surface area contributed by atoms with Crippen molar-refractivity contribution >= 4 is 28.4 Å². The van der Waals surface area contributed by atoms with Gasteiger partial charge < -0.3 is 15.4 Å². The van der Waals surface area contributed by atoms with Gasteiger partial charge in [-0.3, -0.25) is 4.79 Å². The zero-order chi connectivity index (χ0) is 21.8. The number of nitrogens with zero attached hydrogens (tertiary/aromatic N) is 6. The number of rotatable bonds is 5. The third-order valence-electron chi connectivity index (χ3n) is 5.80. The number of ether oxygens (including phenoxy) is 1. The number of aromatic nitrogens is 6. The summed E-state index contributed by atoms with van der Waals surface area (Å²) in [4.78, 5) is 16.0. The van der Waals surface area contributed by atoms with Crippen LogP contribution in [0.2, 0.25) is 0 Å². The molecule has 0 spiro atoms. The molecule has 1 amide bonds. The van der Waals surface area contributed by atoms with Gasteiger partial charge in [0.05, 0.1) is 12.6 Å². The summed E-state index contributed by atoms with van der Waals surface area (Å²) in [6.45, 7) is 3.59. The topological polar surface area (TPSA) is 111 Å². The molecule has 0 bridgehead atoms. The average Bonchev–Trinajstić information content (AvgIpc) is 3.29. The number of benzene rings is 1. The van der Waals surface area contributed by atoms with Crippen LogP contribution in [0.4, 0.5) is 5.95 Å². The van der Waals surface area contributed by atoms with Gasteiger partial charge in [0.15, 0.2) is 0 Å². The lowest BCUT2D eigenvalue weighted by Crippen LogP contribution is -2.59. The van der Waals surface area contributed by atoms with E-state index in [0.29, 0.717) is 11.8 Å². The molecular weight excluding hydrogens is 396 g/mol. The zero-order valence-corrected chi connectivity index (χ0v) is 17.9. The first-order valence-corrected chi connectivity index (χ1v) is 10.1. The van der Waals surface area contributed by atoms with Crippen molar-refractivity contribution in [1.29, 1.82) is 0 Å². The summed E-state index contributed by atoms with van der Waals surface area (Å²) in [5.74, 6) is 0.970. The van der Waals surface area contributed by atoms with Crippen LogP contribution in [-0.4, -0.2) is 54.2 Å². The molecule has 10 heteroatoms. The van der Waals surface area contributed by atoms with E-state index in [1.165, 1.54) is 0 Å². The highest BCUT2D eigenvalue weighted by Crippen LogP contribution is 2.35. The fourth-order valence-corrected chi connectivity index (χ4v) is 4.47. The molecule has 0 saturated heterocycles. The summed E-state index contributed by atoms with van der Waals surface area (Å²) in [6, 6.07) is 8.20. The van der Waals surface area contributed by atoms with Gasteiger partial charge in [0.25, 0.3) is 0 Å². The first kappa shape index (κ1) is 19.3. The Balaban J connectivity index is 1.45. The molecule has 0 radical (unpaired) electrons. The Morgan fingerprint density at radius 2 is 2.10 bits per heavy atom. The predicted octanol–water partition coefficient (Wildman–Crippen LogP) is 2.16. The van der Waals surface area contributed by atoms with E-state index in [2.05, 4.69) is 31.0 Å². The number of carbonyl (C=O) groups is 1. The maximum atomic E-state index is 11.4. The molecule has 0 unspecified atom stereocenters. The van der Waals surface area contributed by atoms with Crippen molar-refractivity contribution in [2.24, 2.45) is 7.05 Å². The first-order chi connectivity index (χ1) is 14.8. The van der Waals surface area contributed by atoms with Crippen molar-refractivity contribution in [1.82, 2.24) is 34.9 Å². The molecule has 3 aromatic heterocycles. The molecule has 5 rings (SSSR count). The lowest BCUT2D eigenvalue weighted by molar-refractivity contribution is -0.121. The first-order valence-electron chi connectivity index (χ1n) is 10.1. The number of methoxy groups -OCH3 is 1. The summed E-state index contributed by atoms with van der Waals surface area (Å²) < 4.78 is 9.14. The number of anilines is 1. The Morgan fingerprint density at radius 1 is 1.29 bits per heavy atom. The Kier molecular flexibility index (Phi) is 4.31. The highest BCUT2D eigenvalue weighted by Gasteiger charge is 2.41. The summed E-state index contributed by atoms with van der Waals surface area (Å²) in [6.07, 6.45) is 3.52. The third-order valence-corrected chi connectivity index (χ3v) is 5.80. The molecular formula is C21H24N8O2. The number of hydrogen-bond donors (Lipinski definition) is 2. The van der Waals surface area contributed by atoms with E-state index >= 15 is 0 Å². The van der Waals surface area contributed by atoms with Crippen LogP contribution in [0, 0.1) is 0 Å². The van der Waals surface area contributed by atoms with Crippen molar-refractivity contribution in [3.05, 3.63) is 30.5 Å². The highest BCUT2D eigenvalue weighted by molar-refractivity contribution is 5.89.